The van der Waals surface area contributed by atoms with Gasteiger partial charge in [0.1, 0.15) is 0 Å². The Kier molecular flexibility index (Phi) is 3.72. The van der Waals surface area contributed by atoms with Crippen LogP contribution in [0.25, 0.3) is 5.69 Å². The lowest BCUT2D eigenvalue weighted by molar-refractivity contribution is -0.141. The third-order valence-corrected chi connectivity index (χ3v) is 4.47. The molecule has 1 N–H and O–H groups in total. The van der Waals surface area contributed by atoms with E-state index in [1.807, 2.05) is 61.1 Å². The maximum absolute atomic E-state index is 12.9. The highest BCUT2D eigenvalue weighted by atomic mass is 16.4. The van der Waals surface area contributed by atoms with E-state index in [0.29, 0.717) is 12.0 Å². The van der Waals surface area contributed by atoms with E-state index in [1.54, 1.807) is 11.0 Å². The van der Waals surface area contributed by atoms with Crippen molar-refractivity contribution in [3.05, 3.63) is 54.4 Å². The SMILES string of the molecule is CC1(C)CC(C(=O)O)CN1C(=O)c1cccc(-n2cccc2)c1. The molecule has 0 radical (unpaired) electrons. The zero-order chi connectivity index (χ0) is 16.6. The standard InChI is InChI=1S/C18H20N2O3/c1-18(2)11-14(17(22)23)12-20(18)16(21)13-6-5-7-15(10-13)19-8-3-4-9-19/h3-10,14H,11-12H2,1-2H3,(H,22,23). The van der Waals surface area contributed by atoms with Gasteiger partial charge < -0.3 is 14.6 Å². The van der Waals surface area contributed by atoms with E-state index in [-0.39, 0.29) is 12.5 Å². The van der Waals surface area contributed by atoms with Gasteiger partial charge in [0.05, 0.1) is 5.92 Å². The molecule has 0 saturated carbocycles. The lowest BCUT2D eigenvalue weighted by Gasteiger charge is -2.31. The van der Waals surface area contributed by atoms with Gasteiger partial charge >= 0.3 is 5.97 Å². The summed E-state index contributed by atoms with van der Waals surface area (Å²) in [5.74, 6) is -1.45. The van der Waals surface area contributed by atoms with Crippen LogP contribution in [0.5, 0.6) is 0 Å². The van der Waals surface area contributed by atoms with E-state index in [4.69, 9.17) is 0 Å². The van der Waals surface area contributed by atoms with Crippen LogP contribution in [0.2, 0.25) is 0 Å². The van der Waals surface area contributed by atoms with Crippen molar-refractivity contribution < 1.29 is 14.7 Å². The summed E-state index contributed by atoms with van der Waals surface area (Å²) in [5.41, 5.74) is 1.03. The second-order valence-corrected chi connectivity index (χ2v) is 6.61. The predicted octanol–water partition coefficient (Wildman–Crippen LogP) is 2.80. The number of carbonyl (C=O) groups is 2. The first kappa shape index (κ1) is 15.3. The van der Waals surface area contributed by atoms with Crippen molar-refractivity contribution in [3.8, 4) is 5.69 Å². The van der Waals surface area contributed by atoms with Gasteiger partial charge in [0, 0.05) is 35.7 Å². The molecule has 23 heavy (non-hydrogen) atoms. The fourth-order valence-corrected chi connectivity index (χ4v) is 3.23. The number of amides is 1. The molecule has 1 saturated heterocycles. The molecule has 2 heterocycles. The number of carbonyl (C=O) groups excluding carboxylic acids is 1. The summed E-state index contributed by atoms with van der Waals surface area (Å²) in [6.07, 6.45) is 4.32. The van der Waals surface area contributed by atoms with Crippen LogP contribution in [-0.4, -0.2) is 38.5 Å². The van der Waals surface area contributed by atoms with Gasteiger partial charge in [-0.25, -0.2) is 0 Å². The number of carboxylic acid groups (broad SMARTS) is 1. The maximum atomic E-state index is 12.9. The highest BCUT2D eigenvalue weighted by Crippen LogP contribution is 2.34. The molecule has 0 bridgehead atoms. The van der Waals surface area contributed by atoms with E-state index < -0.39 is 17.4 Å². The van der Waals surface area contributed by atoms with Crippen molar-refractivity contribution in [3.63, 3.8) is 0 Å². The molecule has 120 valence electrons. The quantitative estimate of drug-likeness (QED) is 0.948. The van der Waals surface area contributed by atoms with E-state index in [2.05, 4.69) is 0 Å². The molecule has 1 aromatic heterocycles. The van der Waals surface area contributed by atoms with Crippen LogP contribution < -0.4 is 0 Å². The molecule has 1 unspecified atom stereocenters. The summed E-state index contributed by atoms with van der Waals surface area (Å²) in [6.45, 7) is 4.10. The molecule has 1 aliphatic heterocycles. The Hall–Kier alpha value is -2.56. The van der Waals surface area contributed by atoms with Crippen LogP contribution in [0.15, 0.2) is 48.8 Å². The summed E-state index contributed by atoms with van der Waals surface area (Å²) >= 11 is 0. The van der Waals surface area contributed by atoms with Crippen LogP contribution in [0, 0.1) is 5.92 Å². The van der Waals surface area contributed by atoms with Crippen molar-refractivity contribution in [2.45, 2.75) is 25.8 Å². The van der Waals surface area contributed by atoms with Crippen LogP contribution in [0.4, 0.5) is 0 Å². The largest absolute Gasteiger partial charge is 0.481 e. The molecule has 2 aromatic rings. The first-order chi connectivity index (χ1) is 10.9. The minimum Gasteiger partial charge on any atom is -0.481 e. The van der Waals surface area contributed by atoms with Gasteiger partial charge in [0.25, 0.3) is 5.91 Å². The van der Waals surface area contributed by atoms with Crippen molar-refractivity contribution in [1.29, 1.82) is 0 Å². The molecule has 0 spiro atoms. The highest BCUT2D eigenvalue weighted by Gasteiger charge is 2.44. The molecule has 5 heteroatoms. The molecular weight excluding hydrogens is 292 g/mol. The van der Waals surface area contributed by atoms with Crippen LogP contribution in [0.1, 0.15) is 30.6 Å². The van der Waals surface area contributed by atoms with Gasteiger partial charge in [-0.1, -0.05) is 6.07 Å². The third-order valence-electron chi connectivity index (χ3n) is 4.47. The van der Waals surface area contributed by atoms with Gasteiger partial charge in [-0.05, 0) is 50.6 Å². The second kappa shape index (κ2) is 5.57. The zero-order valence-corrected chi connectivity index (χ0v) is 13.3. The van der Waals surface area contributed by atoms with E-state index >= 15 is 0 Å². The number of likely N-dealkylation sites (tertiary alicyclic amines) is 1. The van der Waals surface area contributed by atoms with Crippen molar-refractivity contribution in [2.24, 2.45) is 5.92 Å². The molecule has 1 aromatic carbocycles. The average Bonchev–Trinajstić information content (AvgIpc) is 3.14. The molecule has 5 nitrogen and oxygen atoms in total. The highest BCUT2D eigenvalue weighted by molar-refractivity contribution is 5.96. The maximum Gasteiger partial charge on any atom is 0.308 e. The molecule has 3 rings (SSSR count). The Morgan fingerprint density at radius 2 is 1.87 bits per heavy atom. The summed E-state index contributed by atoms with van der Waals surface area (Å²) < 4.78 is 1.94. The van der Waals surface area contributed by atoms with Gasteiger partial charge in [-0.2, -0.15) is 0 Å². The van der Waals surface area contributed by atoms with E-state index in [0.717, 1.165) is 5.69 Å². The number of aliphatic carboxylic acids is 1. The van der Waals surface area contributed by atoms with Crippen molar-refractivity contribution >= 4 is 11.9 Å². The Balaban J connectivity index is 1.89. The van der Waals surface area contributed by atoms with Gasteiger partial charge in [-0.15, -0.1) is 0 Å². The molecular formula is C18H20N2O3. The first-order valence-electron chi connectivity index (χ1n) is 7.67. The van der Waals surface area contributed by atoms with Crippen LogP contribution >= 0.6 is 0 Å². The number of rotatable bonds is 3. The summed E-state index contributed by atoms with van der Waals surface area (Å²) in [5, 5.41) is 9.24. The summed E-state index contributed by atoms with van der Waals surface area (Å²) in [7, 11) is 0. The molecule has 1 fully saturated rings. The lowest BCUT2D eigenvalue weighted by atomic mass is 9.96. The summed E-state index contributed by atoms with van der Waals surface area (Å²) in [6, 6.07) is 11.3. The molecule has 1 amide bonds. The predicted molar refractivity (Wildman–Crippen MR) is 86.6 cm³/mol. The molecule has 1 atom stereocenters. The fraction of sp³-hybridized carbons (Fsp3) is 0.333. The van der Waals surface area contributed by atoms with E-state index in [1.165, 1.54) is 0 Å². The van der Waals surface area contributed by atoms with Gasteiger partial charge in [-0.3, -0.25) is 9.59 Å². The fourth-order valence-electron chi connectivity index (χ4n) is 3.23. The Morgan fingerprint density at radius 3 is 2.48 bits per heavy atom. The number of hydrogen-bond donors (Lipinski definition) is 1. The minimum atomic E-state index is -0.838. The second-order valence-electron chi connectivity index (χ2n) is 6.61. The van der Waals surface area contributed by atoms with Crippen molar-refractivity contribution in [1.82, 2.24) is 9.47 Å². The third kappa shape index (κ3) is 2.86. The van der Waals surface area contributed by atoms with Crippen molar-refractivity contribution in [2.75, 3.05) is 6.54 Å². The Labute approximate surface area is 135 Å². The Bertz CT molecular complexity index is 734. The number of nitrogens with zero attached hydrogens (tertiary/aromatic N) is 2. The van der Waals surface area contributed by atoms with Gasteiger partial charge in [0.2, 0.25) is 0 Å². The molecule has 1 aliphatic rings. The lowest BCUT2D eigenvalue weighted by Crippen LogP contribution is -2.42. The van der Waals surface area contributed by atoms with Gasteiger partial charge in [0.15, 0.2) is 0 Å². The first-order valence-corrected chi connectivity index (χ1v) is 7.67. The number of benzene rings is 1. The molecule has 0 aliphatic carbocycles. The monoisotopic (exact) mass is 312 g/mol. The smallest absolute Gasteiger partial charge is 0.308 e. The number of carboxylic acids is 1. The minimum absolute atomic E-state index is 0.118. The van der Waals surface area contributed by atoms with Crippen LogP contribution in [-0.2, 0) is 4.79 Å². The zero-order valence-electron chi connectivity index (χ0n) is 13.3. The average molecular weight is 312 g/mol. The van der Waals surface area contributed by atoms with E-state index in [9.17, 15) is 14.7 Å². The number of hydrogen-bond acceptors (Lipinski definition) is 2. The van der Waals surface area contributed by atoms with Crippen LogP contribution in [0.3, 0.4) is 0 Å². The Morgan fingerprint density at radius 1 is 1.17 bits per heavy atom. The normalized spacial score (nSPS) is 19.7. The summed E-state index contributed by atoms with van der Waals surface area (Å²) in [4.78, 5) is 25.8. The topological polar surface area (TPSA) is 62.5 Å². The number of aromatic nitrogens is 1.